The first-order chi connectivity index (χ1) is 10.6. The van der Waals surface area contributed by atoms with E-state index in [9.17, 15) is 4.79 Å². The van der Waals surface area contributed by atoms with Crippen LogP contribution in [-0.2, 0) is 0 Å². The number of nitrogens with one attached hydrogen (secondary N) is 1. The smallest absolute Gasteiger partial charge is 0.255 e. The molecule has 0 spiro atoms. The summed E-state index contributed by atoms with van der Waals surface area (Å²) in [5.74, 6) is 0.667. The van der Waals surface area contributed by atoms with Crippen molar-refractivity contribution in [3.63, 3.8) is 0 Å². The number of benzene rings is 1. The SMILES string of the molecule is CCN1CCC[C@H]1CNC(=O)c1cc(Cl)cc(OC)c1OC. The van der Waals surface area contributed by atoms with Gasteiger partial charge in [0.1, 0.15) is 0 Å². The Morgan fingerprint density at radius 3 is 2.82 bits per heavy atom. The topological polar surface area (TPSA) is 50.8 Å². The standard InChI is InChI=1S/C16H23ClN2O3/c1-4-19-7-5-6-12(19)10-18-16(20)13-8-11(17)9-14(21-2)15(13)22-3/h8-9,12H,4-7,10H2,1-3H3,(H,18,20)/t12-/m0/s1. The number of likely N-dealkylation sites (N-methyl/N-ethyl adjacent to an activating group) is 1. The number of methoxy groups -OCH3 is 2. The zero-order valence-electron chi connectivity index (χ0n) is 13.3. The predicted molar refractivity (Wildman–Crippen MR) is 87.2 cm³/mol. The summed E-state index contributed by atoms with van der Waals surface area (Å²) in [4.78, 5) is 14.9. The molecule has 1 heterocycles. The van der Waals surface area contributed by atoms with Crippen LogP contribution in [0.4, 0.5) is 0 Å². The third kappa shape index (κ3) is 3.65. The first kappa shape index (κ1) is 16.9. The fourth-order valence-corrected chi connectivity index (χ4v) is 3.16. The number of carbonyl (C=O) groups excluding carboxylic acids is 1. The fraction of sp³-hybridized carbons (Fsp3) is 0.562. The molecule has 122 valence electrons. The van der Waals surface area contributed by atoms with E-state index < -0.39 is 0 Å². The first-order valence-electron chi connectivity index (χ1n) is 7.54. The van der Waals surface area contributed by atoms with Crippen LogP contribution in [-0.4, -0.2) is 50.7 Å². The quantitative estimate of drug-likeness (QED) is 0.873. The summed E-state index contributed by atoms with van der Waals surface area (Å²) in [5.41, 5.74) is 0.396. The molecule has 5 nitrogen and oxygen atoms in total. The maximum Gasteiger partial charge on any atom is 0.255 e. The minimum absolute atomic E-state index is 0.194. The van der Waals surface area contributed by atoms with Crippen molar-refractivity contribution in [3.05, 3.63) is 22.7 Å². The second-order valence-corrected chi connectivity index (χ2v) is 5.76. The van der Waals surface area contributed by atoms with Gasteiger partial charge in [0.05, 0.1) is 19.8 Å². The number of amides is 1. The van der Waals surface area contributed by atoms with Gasteiger partial charge in [-0.15, -0.1) is 0 Å². The van der Waals surface area contributed by atoms with Crippen molar-refractivity contribution in [1.29, 1.82) is 0 Å². The molecule has 1 amide bonds. The monoisotopic (exact) mass is 326 g/mol. The molecule has 0 bridgehead atoms. The van der Waals surface area contributed by atoms with Crippen LogP contribution in [0.15, 0.2) is 12.1 Å². The van der Waals surface area contributed by atoms with Crippen molar-refractivity contribution in [2.24, 2.45) is 0 Å². The van der Waals surface area contributed by atoms with Gasteiger partial charge < -0.3 is 14.8 Å². The van der Waals surface area contributed by atoms with E-state index >= 15 is 0 Å². The van der Waals surface area contributed by atoms with Crippen molar-refractivity contribution >= 4 is 17.5 Å². The Bertz CT molecular complexity index is 536. The second kappa shape index (κ2) is 7.70. The lowest BCUT2D eigenvalue weighted by molar-refractivity contribution is 0.0937. The van der Waals surface area contributed by atoms with Crippen molar-refractivity contribution in [2.75, 3.05) is 33.9 Å². The van der Waals surface area contributed by atoms with Crippen LogP contribution in [0.3, 0.4) is 0 Å². The Morgan fingerprint density at radius 2 is 2.18 bits per heavy atom. The van der Waals surface area contributed by atoms with E-state index in [4.69, 9.17) is 21.1 Å². The number of hydrogen-bond donors (Lipinski definition) is 1. The lowest BCUT2D eigenvalue weighted by atomic mass is 10.1. The zero-order chi connectivity index (χ0) is 16.1. The van der Waals surface area contributed by atoms with Gasteiger partial charge in [0.2, 0.25) is 0 Å². The van der Waals surface area contributed by atoms with Crippen LogP contribution in [0.1, 0.15) is 30.1 Å². The van der Waals surface area contributed by atoms with Gasteiger partial charge in [-0.1, -0.05) is 18.5 Å². The molecule has 1 aliphatic heterocycles. The third-order valence-corrected chi connectivity index (χ3v) is 4.31. The molecule has 0 saturated carbocycles. The summed E-state index contributed by atoms with van der Waals surface area (Å²) in [7, 11) is 3.03. The lowest BCUT2D eigenvalue weighted by Gasteiger charge is -2.23. The van der Waals surface area contributed by atoms with E-state index in [0.29, 0.717) is 34.7 Å². The van der Waals surface area contributed by atoms with Gasteiger partial charge in [-0.25, -0.2) is 0 Å². The molecule has 1 atom stereocenters. The van der Waals surface area contributed by atoms with E-state index in [1.807, 2.05) is 0 Å². The Morgan fingerprint density at radius 1 is 1.41 bits per heavy atom. The van der Waals surface area contributed by atoms with Crippen molar-refractivity contribution in [3.8, 4) is 11.5 Å². The Labute approximate surface area is 136 Å². The molecule has 0 unspecified atom stereocenters. The number of halogens is 1. The maximum atomic E-state index is 12.5. The number of hydrogen-bond acceptors (Lipinski definition) is 4. The average Bonchev–Trinajstić information content (AvgIpc) is 2.99. The molecule has 1 N–H and O–H groups in total. The van der Waals surface area contributed by atoms with E-state index in [2.05, 4.69) is 17.1 Å². The molecule has 1 saturated heterocycles. The Kier molecular flexibility index (Phi) is 5.91. The highest BCUT2D eigenvalue weighted by molar-refractivity contribution is 6.31. The van der Waals surface area contributed by atoms with Crippen molar-refractivity contribution in [2.45, 2.75) is 25.8 Å². The van der Waals surface area contributed by atoms with Gasteiger partial charge >= 0.3 is 0 Å². The zero-order valence-corrected chi connectivity index (χ0v) is 14.1. The van der Waals surface area contributed by atoms with E-state index in [1.165, 1.54) is 20.6 Å². The third-order valence-electron chi connectivity index (χ3n) is 4.09. The molecule has 2 rings (SSSR count). The van der Waals surface area contributed by atoms with E-state index in [1.54, 1.807) is 12.1 Å². The summed E-state index contributed by atoms with van der Waals surface area (Å²) >= 11 is 6.05. The molecule has 0 radical (unpaired) electrons. The van der Waals surface area contributed by atoms with Gasteiger partial charge in [-0.2, -0.15) is 0 Å². The number of carbonyl (C=O) groups is 1. The maximum absolute atomic E-state index is 12.5. The predicted octanol–water partition coefficient (Wildman–Crippen LogP) is 2.57. The van der Waals surface area contributed by atoms with Crippen molar-refractivity contribution in [1.82, 2.24) is 10.2 Å². The summed E-state index contributed by atoms with van der Waals surface area (Å²) in [6.07, 6.45) is 2.30. The highest BCUT2D eigenvalue weighted by Gasteiger charge is 2.24. The van der Waals surface area contributed by atoms with E-state index in [-0.39, 0.29) is 5.91 Å². The highest BCUT2D eigenvalue weighted by Crippen LogP contribution is 2.34. The molecule has 1 fully saturated rings. The number of rotatable bonds is 6. The highest BCUT2D eigenvalue weighted by atomic mass is 35.5. The van der Waals surface area contributed by atoms with Crippen LogP contribution in [0, 0.1) is 0 Å². The fourth-order valence-electron chi connectivity index (χ4n) is 2.95. The average molecular weight is 327 g/mol. The second-order valence-electron chi connectivity index (χ2n) is 5.32. The Balaban J connectivity index is 2.10. The van der Waals surface area contributed by atoms with E-state index in [0.717, 1.165) is 19.5 Å². The molecule has 0 aliphatic carbocycles. The van der Waals surface area contributed by atoms with Gasteiger partial charge in [0.15, 0.2) is 11.5 Å². The normalized spacial score (nSPS) is 18.3. The number of likely N-dealkylation sites (tertiary alicyclic amines) is 1. The van der Waals surface area contributed by atoms with Crippen LogP contribution in [0.25, 0.3) is 0 Å². The van der Waals surface area contributed by atoms with Gasteiger partial charge in [-0.3, -0.25) is 9.69 Å². The summed E-state index contributed by atoms with van der Waals surface area (Å²) in [5, 5.41) is 3.43. The van der Waals surface area contributed by atoms with Gasteiger partial charge in [-0.05, 0) is 32.0 Å². The lowest BCUT2D eigenvalue weighted by Crippen LogP contribution is -2.40. The van der Waals surface area contributed by atoms with Gasteiger partial charge in [0, 0.05) is 23.7 Å². The van der Waals surface area contributed by atoms with Crippen LogP contribution in [0.2, 0.25) is 5.02 Å². The Hall–Kier alpha value is -1.46. The number of ether oxygens (including phenoxy) is 2. The largest absolute Gasteiger partial charge is 0.493 e. The van der Waals surface area contributed by atoms with Crippen LogP contribution >= 0.6 is 11.6 Å². The molecule has 22 heavy (non-hydrogen) atoms. The summed E-state index contributed by atoms with van der Waals surface area (Å²) < 4.78 is 10.5. The minimum atomic E-state index is -0.194. The van der Waals surface area contributed by atoms with Crippen LogP contribution in [0.5, 0.6) is 11.5 Å². The number of nitrogens with zero attached hydrogens (tertiary/aromatic N) is 1. The molecule has 1 aliphatic rings. The van der Waals surface area contributed by atoms with Crippen molar-refractivity contribution < 1.29 is 14.3 Å². The summed E-state index contributed by atoms with van der Waals surface area (Å²) in [6, 6.07) is 3.64. The molecule has 1 aromatic carbocycles. The molecule has 1 aromatic rings. The minimum Gasteiger partial charge on any atom is -0.493 e. The van der Waals surface area contributed by atoms with Gasteiger partial charge in [0.25, 0.3) is 5.91 Å². The molecule has 6 heteroatoms. The summed E-state index contributed by atoms with van der Waals surface area (Å²) in [6.45, 7) is 4.88. The molecular weight excluding hydrogens is 304 g/mol. The van der Waals surface area contributed by atoms with Crippen LogP contribution < -0.4 is 14.8 Å². The molecule has 0 aromatic heterocycles. The first-order valence-corrected chi connectivity index (χ1v) is 7.92. The molecular formula is C16H23ClN2O3.